The van der Waals surface area contributed by atoms with E-state index in [-0.39, 0.29) is 18.0 Å². The first-order chi connectivity index (χ1) is 10.5. The second kappa shape index (κ2) is 5.86. The number of ketones is 2. The molecule has 2 nitrogen and oxygen atoms in total. The molecule has 1 aliphatic carbocycles. The highest BCUT2D eigenvalue weighted by Crippen LogP contribution is 2.43. The van der Waals surface area contributed by atoms with Crippen LogP contribution in [0.15, 0.2) is 48.5 Å². The Morgan fingerprint density at radius 3 is 1.64 bits per heavy atom. The number of halogens is 2. The van der Waals surface area contributed by atoms with E-state index in [4.69, 9.17) is 23.2 Å². The molecule has 0 unspecified atom stereocenters. The van der Waals surface area contributed by atoms with E-state index >= 15 is 0 Å². The summed E-state index contributed by atoms with van der Waals surface area (Å²) >= 11 is 12.2. The first kappa shape index (κ1) is 15.3. The zero-order valence-corrected chi connectivity index (χ0v) is 13.3. The summed E-state index contributed by atoms with van der Waals surface area (Å²) in [4.78, 5) is 24.2. The molecule has 2 aromatic rings. The maximum atomic E-state index is 12.1. The van der Waals surface area contributed by atoms with Crippen LogP contribution in [0.1, 0.15) is 30.4 Å². The van der Waals surface area contributed by atoms with Crippen molar-refractivity contribution in [3.8, 4) is 0 Å². The molecular weight excluding hydrogens is 319 g/mol. The monoisotopic (exact) mass is 332 g/mol. The minimum atomic E-state index is -0.678. The Hall–Kier alpha value is -1.64. The summed E-state index contributed by atoms with van der Waals surface area (Å²) in [6.07, 6.45) is 0.599. The zero-order valence-electron chi connectivity index (χ0n) is 11.8. The molecule has 1 saturated carbocycles. The van der Waals surface area contributed by atoms with Crippen molar-refractivity contribution in [3.63, 3.8) is 0 Å². The summed E-state index contributed by atoms with van der Waals surface area (Å²) in [5, 5.41) is 1.17. The van der Waals surface area contributed by atoms with Gasteiger partial charge in [-0.2, -0.15) is 0 Å². The van der Waals surface area contributed by atoms with Crippen LogP contribution in [0, 0.1) is 0 Å². The smallest absolute Gasteiger partial charge is 0.141 e. The molecule has 0 spiro atoms. The first-order valence-corrected chi connectivity index (χ1v) is 7.81. The average molecular weight is 333 g/mol. The highest BCUT2D eigenvalue weighted by molar-refractivity contribution is 6.31. The minimum Gasteiger partial charge on any atom is -0.299 e. The van der Waals surface area contributed by atoms with Crippen molar-refractivity contribution < 1.29 is 9.59 Å². The van der Waals surface area contributed by atoms with Gasteiger partial charge in [0.25, 0.3) is 0 Å². The first-order valence-electron chi connectivity index (χ1n) is 7.05. The van der Waals surface area contributed by atoms with Crippen LogP contribution in [0.4, 0.5) is 0 Å². The van der Waals surface area contributed by atoms with Crippen LogP contribution in [0.5, 0.6) is 0 Å². The van der Waals surface area contributed by atoms with Gasteiger partial charge in [-0.25, -0.2) is 0 Å². The second-order valence-corrected chi connectivity index (χ2v) is 6.58. The molecule has 0 N–H and O–H groups in total. The van der Waals surface area contributed by atoms with Crippen LogP contribution >= 0.6 is 23.2 Å². The minimum absolute atomic E-state index is 0.0167. The number of carbonyl (C=O) groups excluding carboxylic acids is 2. The number of carbonyl (C=O) groups is 2. The van der Waals surface area contributed by atoms with Gasteiger partial charge in [0.05, 0.1) is 6.42 Å². The van der Waals surface area contributed by atoms with Gasteiger partial charge in [0, 0.05) is 28.3 Å². The predicted octanol–water partition coefficient (Wildman–Crippen LogP) is 4.60. The molecule has 22 heavy (non-hydrogen) atoms. The Labute approximate surface area is 139 Å². The SMILES string of the molecule is O=C1CC(=O)CC(c2cccc(Cl)c2)(c2cccc(Cl)c2)C1. The van der Waals surface area contributed by atoms with Crippen LogP contribution in [0.2, 0.25) is 10.0 Å². The maximum absolute atomic E-state index is 12.1. The summed E-state index contributed by atoms with van der Waals surface area (Å²) in [6, 6.07) is 14.7. The molecule has 0 saturated heterocycles. The van der Waals surface area contributed by atoms with Crippen molar-refractivity contribution in [1.82, 2.24) is 0 Å². The topological polar surface area (TPSA) is 34.1 Å². The molecule has 3 rings (SSSR count). The van der Waals surface area contributed by atoms with E-state index < -0.39 is 5.41 Å². The van der Waals surface area contributed by atoms with Crippen LogP contribution < -0.4 is 0 Å². The van der Waals surface area contributed by atoms with Crippen molar-refractivity contribution in [2.45, 2.75) is 24.7 Å². The summed E-state index contributed by atoms with van der Waals surface area (Å²) in [5.74, 6) is -0.0904. The Balaban J connectivity index is 2.22. The van der Waals surface area contributed by atoms with Gasteiger partial charge in [-0.3, -0.25) is 9.59 Å². The van der Waals surface area contributed by atoms with Gasteiger partial charge in [0.1, 0.15) is 11.6 Å². The lowest BCUT2D eigenvalue weighted by atomic mass is 9.64. The molecule has 0 bridgehead atoms. The van der Waals surface area contributed by atoms with Crippen LogP contribution in [-0.2, 0) is 15.0 Å². The van der Waals surface area contributed by atoms with Crippen LogP contribution in [-0.4, -0.2) is 11.6 Å². The highest BCUT2D eigenvalue weighted by atomic mass is 35.5. The normalized spacial score (nSPS) is 17.5. The molecule has 0 atom stereocenters. The molecule has 0 amide bonds. The van der Waals surface area contributed by atoms with Gasteiger partial charge in [-0.1, -0.05) is 47.5 Å². The van der Waals surface area contributed by atoms with Crippen LogP contribution in [0.3, 0.4) is 0 Å². The molecular formula is C18H14Cl2O2. The maximum Gasteiger partial charge on any atom is 0.141 e. The van der Waals surface area contributed by atoms with Crippen molar-refractivity contribution in [1.29, 1.82) is 0 Å². The van der Waals surface area contributed by atoms with E-state index in [1.807, 2.05) is 36.4 Å². The van der Waals surface area contributed by atoms with Gasteiger partial charge >= 0.3 is 0 Å². The number of benzene rings is 2. The van der Waals surface area contributed by atoms with E-state index in [1.165, 1.54) is 0 Å². The molecule has 0 aromatic heterocycles. The fourth-order valence-corrected chi connectivity index (χ4v) is 3.61. The zero-order chi connectivity index (χ0) is 15.7. The Kier molecular flexibility index (Phi) is 4.07. The lowest BCUT2D eigenvalue weighted by Gasteiger charge is -2.37. The average Bonchev–Trinajstić information content (AvgIpc) is 2.46. The summed E-state index contributed by atoms with van der Waals surface area (Å²) in [6.45, 7) is 0. The summed E-state index contributed by atoms with van der Waals surface area (Å²) in [5.41, 5.74) is 1.08. The van der Waals surface area contributed by atoms with E-state index in [0.29, 0.717) is 22.9 Å². The number of hydrogen-bond donors (Lipinski definition) is 0. The Morgan fingerprint density at radius 2 is 1.23 bits per heavy atom. The van der Waals surface area contributed by atoms with Crippen LogP contribution in [0.25, 0.3) is 0 Å². The van der Waals surface area contributed by atoms with Gasteiger partial charge in [0.2, 0.25) is 0 Å². The van der Waals surface area contributed by atoms with Crippen molar-refractivity contribution in [2.75, 3.05) is 0 Å². The van der Waals surface area contributed by atoms with Gasteiger partial charge in [-0.05, 0) is 35.4 Å². The molecule has 112 valence electrons. The summed E-state index contributed by atoms with van der Waals surface area (Å²) in [7, 11) is 0. The third kappa shape index (κ3) is 2.81. The fourth-order valence-electron chi connectivity index (χ4n) is 3.23. The predicted molar refractivity (Wildman–Crippen MR) is 87.5 cm³/mol. The number of hydrogen-bond acceptors (Lipinski definition) is 2. The van der Waals surface area contributed by atoms with Crippen molar-refractivity contribution >= 4 is 34.8 Å². The molecule has 1 fully saturated rings. The Bertz CT molecular complexity index is 689. The lowest BCUT2D eigenvalue weighted by Crippen LogP contribution is -2.38. The van der Waals surface area contributed by atoms with Crippen molar-refractivity contribution in [2.24, 2.45) is 0 Å². The van der Waals surface area contributed by atoms with Gasteiger partial charge < -0.3 is 0 Å². The largest absolute Gasteiger partial charge is 0.299 e. The second-order valence-electron chi connectivity index (χ2n) is 5.71. The van der Waals surface area contributed by atoms with E-state index in [1.54, 1.807) is 12.1 Å². The lowest BCUT2D eigenvalue weighted by molar-refractivity contribution is -0.131. The van der Waals surface area contributed by atoms with E-state index in [2.05, 4.69) is 0 Å². The fraction of sp³-hybridized carbons (Fsp3) is 0.222. The van der Waals surface area contributed by atoms with E-state index in [0.717, 1.165) is 11.1 Å². The molecule has 4 heteroatoms. The molecule has 2 aromatic carbocycles. The third-order valence-corrected chi connectivity index (χ3v) is 4.62. The standard InChI is InChI=1S/C18H14Cl2O2/c19-14-5-1-3-12(7-14)18(10-16(21)9-17(22)11-18)13-4-2-6-15(20)8-13/h1-8H,9-11H2. The highest BCUT2D eigenvalue weighted by Gasteiger charge is 2.42. The molecule has 0 heterocycles. The van der Waals surface area contributed by atoms with Gasteiger partial charge in [0.15, 0.2) is 0 Å². The number of rotatable bonds is 2. The molecule has 0 radical (unpaired) electrons. The van der Waals surface area contributed by atoms with Gasteiger partial charge in [-0.15, -0.1) is 0 Å². The summed E-state index contributed by atoms with van der Waals surface area (Å²) < 4.78 is 0. The quantitative estimate of drug-likeness (QED) is 0.753. The third-order valence-electron chi connectivity index (χ3n) is 4.15. The molecule has 1 aliphatic rings. The van der Waals surface area contributed by atoms with Crippen molar-refractivity contribution in [3.05, 3.63) is 69.7 Å². The number of Topliss-reactive ketones (excluding diaryl/α,β-unsaturated/α-hetero) is 2. The van der Waals surface area contributed by atoms with E-state index in [9.17, 15) is 9.59 Å². The molecule has 0 aliphatic heterocycles. The Morgan fingerprint density at radius 1 is 0.773 bits per heavy atom.